The number of benzene rings is 3. The van der Waals surface area contributed by atoms with Crippen molar-refractivity contribution in [3.63, 3.8) is 0 Å². The van der Waals surface area contributed by atoms with Crippen molar-refractivity contribution in [2.24, 2.45) is 4.99 Å². The maximum Gasteiger partial charge on any atom is 0.280 e. The molecule has 0 spiro atoms. The van der Waals surface area contributed by atoms with E-state index in [0.717, 1.165) is 33.8 Å². The van der Waals surface area contributed by atoms with Gasteiger partial charge in [-0.15, -0.1) is 0 Å². The average molecular weight is 381 g/mol. The number of nitrogens with zero attached hydrogens (tertiary/aromatic N) is 2. The van der Waals surface area contributed by atoms with Crippen molar-refractivity contribution in [1.29, 1.82) is 0 Å². The van der Waals surface area contributed by atoms with Gasteiger partial charge >= 0.3 is 0 Å². The van der Waals surface area contributed by atoms with E-state index in [2.05, 4.69) is 5.10 Å². The number of hydrogen-bond acceptors (Lipinski definition) is 2. The van der Waals surface area contributed by atoms with Crippen LogP contribution in [-0.4, -0.2) is 15.5 Å². The highest BCUT2D eigenvalue weighted by Gasteiger charge is 2.19. The molecule has 3 aromatic carbocycles. The number of nitrogens with one attached hydrogen (secondary N) is 1. The molecule has 0 radical (unpaired) electrons. The van der Waals surface area contributed by atoms with Crippen LogP contribution in [0.25, 0.3) is 5.69 Å². The molecule has 29 heavy (non-hydrogen) atoms. The van der Waals surface area contributed by atoms with Crippen molar-refractivity contribution >= 4 is 11.4 Å². The van der Waals surface area contributed by atoms with Crippen LogP contribution in [0, 0.1) is 20.8 Å². The lowest BCUT2D eigenvalue weighted by atomic mass is 10.0. The lowest BCUT2D eigenvalue weighted by Crippen LogP contribution is -2.21. The van der Waals surface area contributed by atoms with E-state index >= 15 is 0 Å². The lowest BCUT2D eigenvalue weighted by Gasteiger charge is -2.06. The van der Waals surface area contributed by atoms with Gasteiger partial charge in [-0.2, -0.15) is 0 Å². The van der Waals surface area contributed by atoms with E-state index < -0.39 is 0 Å². The first-order valence-corrected chi connectivity index (χ1v) is 9.63. The number of hydrogen-bond donors (Lipinski definition) is 1. The Labute approximate surface area is 170 Å². The lowest BCUT2D eigenvalue weighted by molar-refractivity contribution is 0.835. The number of aromatic amines is 1. The number of rotatable bonds is 4. The third-order valence-corrected chi connectivity index (χ3v) is 4.89. The average Bonchev–Trinajstić information content (AvgIpc) is 3.01. The Morgan fingerprint density at radius 3 is 2.24 bits per heavy atom. The predicted molar refractivity (Wildman–Crippen MR) is 119 cm³/mol. The zero-order chi connectivity index (χ0) is 20.4. The summed E-state index contributed by atoms with van der Waals surface area (Å²) in [6, 6.07) is 25.7. The van der Waals surface area contributed by atoms with Gasteiger partial charge in [0, 0.05) is 11.3 Å². The number of aromatic nitrogens is 2. The molecule has 0 bridgehead atoms. The molecular weight excluding hydrogens is 358 g/mol. The molecule has 1 heterocycles. The van der Waals surface area contributed by atoms with E-state index in [9.17, 15) is 4.79 Å². The minimum atomic E-state index is -0.110. The van der Waals surface area contributed by atoms with E-state index in [1.54, 1.807) is 4.68 Å². The summed E-state index contributed by atoms with van der Waals surface area (Å²) in [6.45, 7) is 5.98. The molecule has 4 nitrogen and oxygen atoms in total. The fourth-order valence-electron chi connectivity index (χ4n) is 3.39. The quantitative estimate of drug-likeness (QED) is 0.482. The molecule has 0 amide bonds. The van der Waals surface area contributed by atoms with Gasteiger partial charge in [0.1, 0.15) is 0 Å². The molecule has 4 aromatic rings. The van der Waals surface area contributed by atoms with Gasteiger partial charge in [0.2, 0.25) is 0 Å². The van der Waals surface area contributed by atoms with Gasteiger partial charge in [0.25, 0.3) is 5.56 Å². The summed E-state index contributed by atoms with van der Waals surface area (Å²) < 4.78 is 1.58. The van der Waals surface area contributed by atoms with Crippen molar-refractivity contribution in [2.75, 3.05) is 0 Å². The molecule has 0 saturated heterocycles. The molecule has 0 atom stereocenters. The van der Waals surface area contributed by atoms with Crippen LogP contribution < -0.4 is 5.56 Å². The Morgan fingerprint density at radius 2 is 1.55 bits per heavy atom. The summed E-state index contributed by atoms with van der Waals surface area (Å²) >= 11 is 0. The molecule has 4 rings (SSSR count). The molecule has 0 aliphatic heterocycles. The second-order valence-corrected chi connectivity index (χ2v) is 7.25. The van der Waals surface area contributed by atoms with Crippen LogP contribution in [0.2, 0.25) is 0 Å². The summed E-state index contributed by atoms with van der Waals surface area (Å²) in [5.74, 6) is 0. The van der Waals surface area contributed by atoms with Crippen molar-refractivity contribution in [2.45, 2.75) is 20.8 Å². The minimum absolute atomic E-state index is 0.110. The zero-order valence-corrected chi connectivity index (χ0v) is 16.8. The van der Waals surface area contributed by atoms with E-state index in [1.807, 2.05) is 99.6 Å². The normalized spacial score (nSPS) is 11.6. The second kappa shape index (κ2) is 7.76. The summed E-state index contributed by atoms with van der Waals surface area (Å²) in [5.41, 5.74) is 6.73. The van der Waals surface area contributed by atoms with Crippen molar-refractivity contribution < 1.29 is 0 Å². The monoisotopic (exact) mass is 381 g/mol. The summed E-state index contributed by atoms with van der Waals surface area (Å²) in [4.78, 5) is 18.3. The molecule has 0 saturated carbocycles. The molecule has 1 aromatic heterocycles. The Bertz CT molecular complexity index is 1230. The minimum Gasteiger partial charge on any atom is -0.295 e. The maximum absolute atomic E-state index is 13.4. The van der Waals surface area contributed by atoms with Gasteiger partial charge in [0.05, 0.1) is 22.6 Å². The molecule has 4 heteroatoms. The molecule has 1 N–H and O–H groups in total. The Morgan fingerprint density at radius 1 is 0.828 bits per heavy atom. The van der Waals surface area contributed by atoms with Crippen LogP contribution in [-0.2, 0) is 0 Å². The Balaban J connectivity index is 1.92. The third-order valence-electron chi connectivity index (χ3n) is 4.89. The molecule has 144 valence electrons. The van der Waals surface area contributed by atoms with E-state index in [0.29, 0.717) is 11.3 Å². The van der Waals surface area contributed by atoms with Crippen molar-refractivity contribution in [3.05, 3.63) is 117 Å². The highest BCUT2D eigenvalue weighted by molar-refractivity contribution is 6.14. The largest absolute Gasteiger partial charge is 0.295 e. The van der Waals surface area contributed by atoms with Gasteiger partial charge < -0.3 is 0 Å². The van der Waals surface area contributed by atoms with Crippen LogP contribution >= 0.6 is 0 Å². The Hall–Kier alpha value is -3.66. The smallest absolute Gasteiger partial charge is 0.280 e. The van der Waals surface area contributed by atoms with E-state index in [1.165, 1.54) is 0 Å². The number of aliphatic imine (C=N–C) groups is 1. The molecule has 0 aliphatic carbocycles. The second-order valence-electron chi connectivity index (χ2n) is 7.25. The van der Waals surface area contributed by atoms with Crippen molar-refractivity contribution in [3.8, 4) is 5.69 Å². The van der Waals surface area contributed by atoms with Gasteiger partial charge in [-0.1, -0.05) is 60.2 Å². The van der Waals surface area contributed by atoms with E-state index in [-0.39, 0.29) is 5.56 Å². The molecule has 0 unspecified atom stereocenters. The Kier molecular flexibility index (Phi) is 5.00. The maximum atomic E-state index is 13.4. The van der Waals surface area contributed by atoms with Crippen molar-refractivity contribution in [1.82, 2.24) is 9.78 Å². The first-order valence-electron chi connectivity index (χ1n) is 9.63. The van der Waals surface area contributed by atoms with Crippen LogP contribution in [0.5, 0.6) is 0 Å². The van der Waals surface area contributed by atoms with Gasteiger partial charge in [0.15, 0.2) is 0 Å². The number of aryl methyl sites for hydroxylation is 3. The SMILES string of the molecule is Cc1ccc(-n2[nH]c(C)c(C(=Nc3cccc(C)c3)c3ccccc3)c2=O)cc1. The third kappa shape index (κ3) is 3.83. The standard InChI is InChI=1S/C25H23N3O/c1-17-12-14-22(15-13-17)28-25(29)23(19(3)27-28)24(20-9-5-4-6-10-20)26-21-11-7-8-18(2)16-21/h4-16,27H,1-3H3. The van der Waals surface area contributed by atoms with Crippen LogP contribution in [0.4, 0.5) is 5.69 Å². The molecule has 0 fully saturated rings. The summed E-state index contributed by atoms with van der Waals surface area (Å²) in [6.07, 6.45) is 0. The van der Waals surface area contributed by atoms with Crippen LogP contribution in [0.1, 0.15) is 27.9 Å². The van der Waals surface area contributed by atoms with Gasteiger partial charge in [-0.25, -0.2) is 9.67 Å². The first-order chi connectivity index (χ1) is 14.0. The van der Waals surface area contributed by atoms with E-state index in [4.69, 9.17) is 4.99 Å². The molecular formula is C25H23N3O. The first kappa shape index (κ1) is 18.7. The highest BCUT2D eigenvalue weighted by atomic mass is 16.1. The number of H-pyrrole nitrogens is 1. The van der Waals surface area contributed by atoms with Crippen LogP contribution in [0.3, 0.4) is 0 Å². The summed E-state index contributed by atoms with van der Waals surface area (Å²) in [7, 11) is 0. The topological polar surface area (TPSA) is 50.1 Å². The highest BCUT2D eigenvalue weighted by Crippen LogP contribution is 2.20. The van der Waals surface area contributed by atoms with Crippen LogP contribution in [0.15, 0.2) is 88.6 Å². The summed E-state index contributed by atoms with van der Waals surface area (Å²) in [5, 5.41) is 3.22. The fraction of sp³-hybridized carbons (Fsp3) is 0.120. The zero-order valence-electron chi connectivity index (χ0n) is 16.8. The molecule has 0 aliphatic rings. The fourth-order valence-corrected chi connectivity index (χ4v) is 3.39. The van der Waals surface area contributed by atoms with Gasteiger partial charge in [-0.05, 0) is 50.6 Å². The predicted octanol–water partition coefficient (Wildman–Crippen LogP) is 5.26. The van der Waals surface area contributed by atoms with Gasteiger partial charge in [-0.3, -0.25) is 9.89 Å².